The Bertz CT molecular complexity index is 865. The van der Waals surface area contributed by atoms with Crippen molar-refractivity contribution in [3.05, 3.63) is 64.7 Å². The SMILES string of the molecule is Cc1cccnc1NC(=O)CN1C(=O)S/C(=C/c2ccccc2)C1=O. The normalized spacial score (nSPS) is 15.7. The highest BCUT2D eigenvalue weighted by molar-refractivity contribution is 8.18. The van der Waals surface area contributed by atoms with E-state index in [-0.39, 0.29) is 6.54 Å². The average molecular weight is 353 g/mol. The van der Waals surface area contributed by atoms with Crippen LogP contribution in [-0.4, -0.2) is 33.5 Å². The molecule has 2 heterocycles. The van der Waals surface area contributed by atoms with Crippen molar-refractivity contribution in [1.82, 2.24) is 9.88 Å². The zero-order valence-electron chi connectivity index (χ0n) is 13.4. The van der Waals surface area contributed by atoms with Crippen LogP contribution in [0.3, 0.4) is 0 Å². The van der Waals surface area contributed by atoms with Crippen molar-refractivity contribution in [2.45, 2.75) is 6.92 Å². The molecule has 1 aromatic heterocycles. The Morgan fingerprint density at radius 3 is 2.68 bits per heavy atom. The van der Waals surface area contributed by atoms with Crippen LogP contribution < -0.4 is 5.32 Å². The number of nitrogens with one attached hydrogen (secondary N) is 1. The second-order valence-corrected chi connectivity index (χ2v) is 6.39. The first-order chi connectivity index (χ1) is 12.0. The fourth-order valence-electron chi connectivity index (χ4n) is 2.27. The largest absolute Gasteiger partial charge is 0.309 e. The summed E-state index contributed by atoms with van der Waals surface area (Å²) in [7, 11) is 0. The van der Waals surface area contributed by atoms with E-state index < -0.39 is 17.1 Å². The van der Waals surface area contributed by atoms with Crippen molar-refractivity contribution in [2.24, 2.45) is 0 Å². The van der Waals surface area contributed by atoms with E-state index in [2.05, 4.69) is 10.3 Å². The zero-order chi connectivity index (χ0) is 17.8. The van der Waals surface area contributed by atoms with E-state index in [1.165, 1.54) is 0 Å². The Balaban J connectivity index is 1.70. The molecule has 1 fully saturated rings. The topological polar surface area (TPSA) is 79.4 Å². The van der Waals surface area contributed by atoms with E-state index in [0.29, 0.717) is 10.7 Å². The summed E-state index contributed by atoms with van der Waals surface area (Å²) in [4.78, 5) is 41.9. The van der Waals surface area contributed by atoms with Gasteiger partial charge in [-0.3, -0.25) is 19.3 Å². The lowest BCUT2D eigenvalue weighted by Crippen LogP contribution is -2.36. The number of anilines is 1. The maximum atomic E-state index is 12.4. The highest BCUT2D eigenvalue weighted by Crippen LogP contribution is 2.32. The minimum Gasteiger partial charge on any atom is -0.309 e. The summed E-state index contributed by atoms with van der Waals surface area (Å²) < 4.78 is 0. The Labute approximate surface area is 148 Å². The van der Waals surface area contributed by atoms with Gasteiger partial charge in [0.15, 0.2) is 0 Å². The van der Waals surface area contributed by atoms with Gasteiger partial charge in [-0.1, -0.05) is 36.4 Å². The van der Waals surface area contributed by atoms with Gasteiger partial charge in [0, 0.05) is 6.20 Å². The maximum absolute atomic E-state index is 12.4. The first-order valence-corrected chi connectivity index (χ1v) is 8.38. The molecule has 0 radical (unpaired) electrons. The Kier molecular flexibility index (Phi) is 4.95. The molecule has 126 valence electrons. The number of rotatable bonds is 4. The molecule has 1 aliphatic heterocycles. The predicted molar refractivity (Wildman–Crippen MR) is 96.7 cm³/mol. The number of carbonyl (C=O) groups is 3. The number of hydrogen-bond donors (Lipinski definition) is 1. The van der Waals surface area contributed by atoms with Gasteiger partial charge >= 0.3 is 0 Å². The summed E-state index contributed by atoms with van der Waals surface area (Å²) in [6.45, 7) is 1.47. The third-order valence-electron chi connectivity index (χ3n) is 3.54. The number of aromatic nitrogens is 1. The molecule has 0 atom stereocenters. The number of benzene rings is 1. The molecule has 3 rings (SSSR count). The van der Waals surface area contributed by atoms with Crippen molar-refractivity contribution in [1.29, 1.82) is 0 Å². The summed E-state index contributed by atoms with van der Waals surface area (Å²) in [6, 6.07) is 12.8. The van der Waals surface area contributed by atoms with Crippen LogP contribution in [0.25, 0.3) is 6.08 Å². The van der Waals surface area contributed by atoms with Crippen LogP contribution in [0.2, 0.25) is 0 Å². The van der Waals surface area contributed by atoms with E-state index in [9.17, 15) is 14.4 Å². The minimum atomic E-state index is -0.468. The number of amides is 3. The number of imide groups is 1. The molecule has 1 N–H and O–H groups in total. The molecule has 25 heavy (non-hydrogen) atoms. The lowest BCUT2D eigenvalue weighted by Gasteiger charge is -2.12. The number of thioether (sulfide) groups is 1. The molecule has 1 aliphatic rings. The van der Waals surface area contributed by atoms with E-state index in [1.54, 1.807) is 18.3 Å². The first kappa shape index (κ1) is 16.9. The second kappa shape index (κ2) is 7.31. The molecule has 0 spiro atoms. The first-order valence-electron chi connectivity index (χ1n) is 7.56. The van der Waals surface area contributed by atoms with Crippen molar-refractivity contribution in [3.63, 3.8) is 0 Å². The fraction of sp³-hybridized carbons (Fsp3) is 0.111. The van der Waals surface area contributed by atoms with Crippen molar-refractivity contribution in [3.8, 4) is 0 Å². The molecule has 0 bridgehead atoms. The van der Waals surface area contributed by atoms with E-state index in [4.69, 9.17) is 0 Å². The molecule has 0 saturated carbocycles. The highest BCUT2D eigenvalue weighted by Gasteiger charge is 2.36. The third kappa shape index (κ3) is 3.95. The van der Waals surface area contributed by atoms with E-state index in [1.807, 2.05) is 43.3 Å². The molecular weight excluding hydrogens is 338 g/mol. The third-order valence-corrected chi connectivity index (χ3v) is 4.45. The Hall–Kier alpha value is -2.93. The summed E-state index contributed by atoms with van der Waals surface area (Å²) in [5.41, 5.74) is 1.62. The van der Waals surface area contributed by atoms with Crippen LogP contribution in [0.5, 0.6) is 0 Å². The van der Waals surface area contributed by atoms with Gasteiger partial charge in [-0.15, -0.1) is 0 Å². The van der Waals surface area contributed by atoms with Gasteiger partial charge in [-0.05, 0) is 42.0 Å². The molecule has 1 aromatic carbocycles. The highest BCUT2D eigenvalue weighted by atomic mass is 32.2. The van der Waals surface area contributed by atoms with Crippen LogP contribution in [-0.2, 0) is 9.59 Å². The molecule has 1 saturated heterocycles. The lowest BCUT2D eigenvalue weighted by molar-refractivity contribution is -0.127. The predicted octanol–water partition coefficient (Wildman–Crippen LogP) is 3.07. The quantitative estimate of drug-likeness (QED) is 0.855. The standard InChI is InChI=1S/C18H15N3O3S/c1-12-6-5-9-19-16(12)20-15(22)11-21-17(23)14(25-18(21)24)10-13-7-3-2-4-8-13/h2-10H,11H2,1H3,(H,19,20,22)/b14-10+. The monoisotopic (exact) mass is 353 g/mol. The maximum Gasteiger partial charge on any atom is 0.294 e. The summed E-state index contributed by atoms with van der Waals surface area (Å²) >= 11 is 0.831. The summed E-state index contributed by atoms with van der Waals surface area (Å²) in [6.07, 6.45) is 3.21. The van der Waals surface area contributed by atoms with Crippen LogP contribution in [0.4, 0.5) is 10.6 Å². The van der Waals surface area contributed by atoms with Gasteiger partial charge < -0.3 is 5.32 Å². The smallest absolute Gasteiger partial charge is 0.294 e. The van der Waals surface area contributed by atoms with Gasteiger partial charge in [-0.2, -0.15) is 0 Å². The molecule has 7 heteroatoms. The van der Waals surface area contributed by atoms with Gasteiger partial charge in [0.1, 0.15) is 12.4 Å². The molecule has 3 amide bonds. The van der Waals surface area contributed by atoms with Gasteiger partial charge in [0.2, 0.25) is 5.91 Å². The zero-order valence-corrected chi connectivity index (χ0v) is 14.2. The fourth-order valence-corrected chi connectivity index (χ4v) is 3.11. The van der Waals surface area contributed by atoms with Crippen molar-refractivity contribution in [2.75, 3.05) is 11.9 Å². The van der Waals surface area contributed by atoms with Crippen molar-refractivity contribution >= 4 is 40.7 Å². The number of hydrogen-bond acceptors (Lipinski definition) is 5. The van der Waals surface area contributed by atoms with Gasteiger partial charge in [0.05, 0.1) is 4.91 Å². The average Bonchev–Trinajstić information content (AvgIpc) is 2.85. The molecule has 0 unspecified atom stereocenters. The number of nitrogens with zero attached hydrogens (tertiary/aromatic N) is 2. The number of aryl methyl sites for hydroxylation is 1. The number of pyridine rings is 1. The summed E-state index contributed by atoms with van der Waals surface area (Å²) in [5.74, 6) is -0.517. The molecule has 0 aliphatic carbocycles. The van der Waals surface area contributed by atoms with Crippen LogP contribution in [0, 0.1) is 6.92 Å². The van der Waals surface area contributed by atoms with Crippen LogP contribution in [0.15, 0.2) is 53.6 Å². The van der Waals surface area contributed by atoms with Crippen molar-refractivity contribution < 1.29 is 14.4 Å². The molecule has 6 nitrogen and oxygen atoms in total. The molecular formula is C18H15N3O3S. The van der Waals surface area contributed by atoms with Crippen LogP contribution in [0.1, 0.15) is 11.1 Å². The summed E-state index contributed by atoms with van der Waals surface area (Å²) in [5, 5.41) is 2.16. The molecule has 2 aromatic rings. The second-order valence-electron chi connectivity index (χ2n) is 5.40. The number of carbonyl (C=O) groups excluding carboxylic acids is 3. The van der Waals surface area contributed by atoms with Gasteiger partial charge in [-0.25, -0.2) is 4.98 Å². The van der Waals surface area contributed by atoms with E-state index >= 15 is 0 Å². The Morgan fingerprint density at radius 1 is 1.20 bits per heavy atom. The van der Waals surface area contributed by atoms with E-state index in [0.717, 1.165) is 27.8 Å². The Morgan fingerprint density at radius 2 is 1.96 bits per heavy atom. The van der Waals surface area contributed by atoms with Crippen LogP contribution >= 0.6 is 11.8 Å². The minimum absolute atomic E-state index is 0.304. The lowest BCUT2D eigenvalue weighted by atomic mass is 10.2. The van der Waals surface area contributed by atoms with Gasteiger partial charge in [0.25, 0.3) is 11.1 Å².